The van der Waals surface area contributed by atoms with Crippen LogP contribution in [0.15, 0.2) is 47.3 Å². The first kappa shape index (κ1) is 15.3. The molecule has 4 nitrogen and oxygen atoms in total. The van der Waals surface area contributed by atoms with Gasteiger partial charge in [-0.25, -0.2) is 9.88 Å². The summed E-state index contributed by atoms with van der Waals surface area (Å²) in [6, 6.07) is 5.67. The highest BCUT2D eigenvalue weighted by atomic mass is 32.2. The molecule has 1 aromatic heterocycles. The van der Waals surface area contributed by atoms with Crippen LogP contribution in [0.3, 0.4) is 0 Å². The van der Waals surface area contributed by atoms with E-state index in [4.69, 9.17) is 0 Å². The second-order valence-electron chi connectivity index (χ2n) is 6.74. The molecule has 2 heterocycles. The Kier molecular flexibility index (Phi) is 3.40. The van der Waals surface area contributed by atoms with Gasteiger partial charge < -0.3 is 0 Å². The number of thiazole rings is 1. The van der Waals surface area contributed by atoms with Gasteiger partial charge in [-0.1, -0.05) is 30.0 Å². The molecule has 25 heavy (non-hydrogen) atoms. The number of thioether (sulfide) groups is 1. The third-order valence-corrected chi connectivity index (χ3v) is 7.56. The quantitative estimate of drug-likeness (QED) is 0.467. The summed E-state index contributed by atoms with van der Waals surface area (Å²) in [6.07, 6.45) is 7.05. The largest absolute Gasteiger partial charge is 0.274 e. The Bertz CT molecular complexity index is 918. The number of hydrogen-bond acceptors (Lipinski definition) is 5. The fourth-order valence-corrected chi connectivity index (χ4v) is 6.24. The van der Waals surface area contributed by atoms with E-state index in [0.717, 1.165) is 26.7 Å². The molecule has 2 aliphatic carbocycles. The number of anilines is 1. The molecule has 2 bridgehead atoms. The van der Waals surface area contributed by atoms with Crippen molar-refractivity contribution in [3.8, 4) is 0 Å². The van der Waals surface area contributed by atoms with E-state index in [9.17, 15) is 9.59 Å². The number of aromatic nitrogens is 1. The number of carbonyl (C=O) groups is 2. The highest BCUT2D eigenvalue weighted by Gasteiger charge is 2.59. The van der Waals surface area contributed by atoms with Crippen LogP contribution in [0, 0.1) is 23.7 Å². The van der Waals surface area contributed by atoms with Gasteiger partial charge in [-0.05, 0) is 36.5 Å². The normalized spacial score (nSPS) is 29.8. The van der Waals surface area contributed by atoms with Crippen LogP contribution in [0.5, 0.6) is 0 Å². The van der Waals surface area contributed by atoms with E-state index in [1.165, 1.54) is 4.90 Å². The minimum atomic E-state index is -0.154. The molecule has 4 atom stereocenters. The summed E-state index contributed by atoms with van der Waals surface area (Å²) in [5.74, 6) is 0.927. The van der Waals surface area contributed by atoms with E-state index in [0.29, 0.717) is 5.69 Å². The molecule has 0 radical (unpaired) electrons. The Hall–Kier alpha value is -1.92. The number of benzene rings is 1. The molecule has 0 spiro atoms. The molecule has 1 aliphatic heterocycles. The SMILES string of the molecule is C=CCSc1nc2ccc(N3C(=O)C4C5C=CC(C5)C4C3=O)cc2s1. The lowest BCUT2D eigenvalue weighted by Crippen LogP contribution is -2.32. The summed E-state index contributed by atoms with van der Waals surface area (Å²) in [7, 11) is 0. The highest BCUT2D eigenvalue weighted by Crippen LogP contribution is 2.53. The van der Waals surface area contributed by atoms with Gasteiger partial charge in [0.15, 0.2) is 4.34 Å². The summed E-state index contributed by atoms with van der Waals surface area (Å²) in [5.41, 5.74) is 1.58. The third-order valence-electron chi connectivity index (χ3n) is 5.41. The van der Waals surface area contributed by atoms with Crippen LogP contribution in [0.1, 0.15) is 6.42 Å². The first-order valence-electron chi connectivity index (χ1n) is 8.38. The van der Waals surface area contributed by atoms with Gasteiger partial charge >= 0.3 is 0 Å². The minimum absolute atomic E-state index is 0.0306. The van der Waals surface area contributed by atoms with Gasteiger partial charge in [0.2, 0.25) is 11.8 Å². The Morgan fingerprint density at radius 3 is 2.64 bits per heavy atom. The van der Waals surface area contributed by atoms with E-state index in [1.807, 2.05) is 24.3 Å². The van der Waals surface area contributed by atoms with Crippen molar-refractivity contribution >= 4 is 50.8 Å². The highest BCUT2D eigenvalue weighted by molar-refractivity contribution is 8.01. The second-order valence-corrected chi connectivity index (χ2v) is 9.04. The molecule has 3 aliphatic rings. The minimum Gasteiger partial charge on any atom is -0.274 e. The van der Waals surface area contributed by atoms with Gasteiger partial charge in [-0.2, -0.15) is 0 Å². The molecule has 1 saturated heterocycles. The van der Waals surface area contributed by atoms with Crippen LogP contribution in [0.25, 0.3) is 10.2 Å². The van der Waals surface area contributed by atoms with Crippen molar-refractivity contribution in [3.05, 3.63) is 43.0 Å². The number of allylic oxidation sites excluding steroid dienone is 2. The Morgan fingerprint density at radius 1 is 1.24 bits per heavy atom. The summed E-state index contributed by atoms with van der Waals surface area (Å²) < 4.78 is 1.98. The van der Waals surface area contributed by atoms with Gasteiger partial charge in [-0.15, -0.1) is 17.9 Å². The van der Waals surface area contributed by atoms with Crippen molar-refractivity contribution in [1.82, 2.24) is 4.98 Å². The second kappa shape index (κ2) is 5.54. The maximum Gasteiger partial charge on any atom is 0.238 e. The Morgan fingerprint density at radius 2 is 1.96 bits per heavy atom. The lowest BCUT2D eigenvalue weighted by atomic mass is 9.85. The standard InChI is InChI=1S/C19H16N2O2S2/c1-2-7-24-19-20-13-6-5-12(9-14(13)25-19)21-17(22)15-10-3-4-11(8-10)16(15)18(21)23/h2-6,9-11,15-16H,1,7-8H2. The lowest BCUT2D eigenvalue weighted by Gasteiger charge is -2.17. The van der Waals surface area contributed by atoms with E-state index >= 15 is 0 Å². The monoisotopic (exact) mass is 368 g/mol. The van der Waals surface area contributed by atoms with E-state index in [1.54, 1.807) is 23.1 Å². The van der Waals surface area contributed by atoms with E-state index in [-0.39, 0.29) is 35.5 Å². The van der Waals surface area contributed by atoms with E-state index in [2.05, 4.69) is 23.7 Å². The van der Waals surface area contributed by atoms with Gasteiger partial charge in [0.1, 0.15) is 0 Å². The fourth-order valence-electron chi connectivity index (χ4n) is 4.38. The summed E-state index contributed by atoms with van der Waals surface area (Å²) in [4.78, 5) is 31.8. The number of hydrogen-bond donors (Lipinski definition) is 0. The average molecular weight is 368 g/mol. The summed E-state index contributed by atoms with van der Waals surface area (Å²) in [6.45, 7) is 3.73. The summed E-state index contributed by atoms with van der Waals surface area (Å²) >= 11 is 3.23. The van der Waals surface area contributed by atoms with Crippen LogP contribution in [0.4, 0.5) is 5.69 Å². The summed E-state index contributed by atoms with van der Waals surface area (Å²) in [5, 5.41) is 0. The first-order valence-corrected chi connectivity index (χ1v) is 10.2. The maximum atomic E-state index is 12.9. The zero-order valence-electron chi connectivity index (χ0n) is 13.4. The number of rotatable bonds is 4. The molecule has 0 N–H and O–H groups in total. The number of carbonyl (C=O) groups excluding carboxylic acids is 2. The molecule has 1 aromatic carbocycles. The first-order chi connectivity index (χ1) is 12.2. The van der Waals surface area contributed by atoms with Crippen LogP contribution < -0.4 is 4.90 Å². The average Bonchev–Trinajstić information content (AvgIpc) is 3.35. The molecule has 4 unspecified atom stereocenters. The van der Waals surface area contributed by atoms with Crippen molar-refractivity contribution in [2.75, 3.05) is 10.7 Å². The number of fused-ring (bicyclic) bond motifs is 6. The van der Waals surface area contributed by atoms with Crippen molar-refractivity contribution in [3.63, 3.8) is 0 Å². The molecule has 126 valence electrons. The van der Waals surface area contributed by atoms with E-state index < -0.39 is 0 Å². The van der Waals surface area contributed by atoms with Crippen molar-refractivity contribution in [2.24, 2.45) is 23.7 Å². The van der Waals surface area contributed by atoms with Crippen LogP contribution in [-0.2, 0) is 9.59 Å². The molecule has 5 rings (SSSR count). The van der Waals surface area contributed by atoms with Crippen molar-refractivity contribution in [1.29, 1.82) is 0 Å². The molecule has 2 fully saturated rings. The Labute approximate surface area is 153 Å². The lowest BCUT2D eigenvalue weighted by molar-refractivity contribution is -0.123. The molecule has 2 aromatic rings. The van der Waals surface area contributed by atoms with Crippen molar-refractivity contribution < 1.29 is 9.59 Å². The predicted molar refractivity (Wildman–Crippen MR) is 101 cm³/mol. The fraction of sp³-hybridized carbons (Fsp3) is 0.316. The number of amides is 2. The smallest absolute Gasteiger partial charge is 0.238 e. The maximum absolute atomic E-state index is 12.9. The van der Waals surface area contributed by atoms with Crippen molar-refractivity contribution in [2.45, 2.75) is 10.8 Å². The number of nitrogens with zero attached hydrogens (tertiary/aromatic N) is 2. The Balaban J connectivity index is 1.50. The molecule has 6 heteroatoms. The molecular weight excluding hydrogens is 352 g/mol. The topological polar surface area (TPSA) is 50.3 Å². The van der Waals surface area contributed by atoms with Gasteiger partial charge in [-0.3, -0.25) is 9.59 Å². The van der Waals surface area contributed by atoms with Gasteiger partial charge in [0.25, 0.3) is 0 Å². The number of imide groups is 1. The van der Waals surface area contributed by atoms with Gasteiger partial charge in [0, 0.05) is 5.75 Å². The van der Waals surface area contributed by atoms with Crippen LogP contribution in [-0.4, -0.2) is 22.6 Å². The third kappa shape index (κ3) is 2.17. The van der Waals surface area contributed by atoms with Gasteiger partial charge in [0.05, 0.1) is 27.7 Å². The predicted octanol–water partition coefficient (Wildman–Crippen LogP) is 3.89. The molecular formula is C19H16N2O2S2. The van der Waals surface area contributed by atoms with Crippen LogP contribution >= 0.6 is 23.1 Å². The molecule has 2 amide bonds. The zero-order chi connectivity index (χ0) is 17.1. The zero-order valence-corrected chi connectivity index (χ0v) is 15.1. The van der Waals surface area contributed by atoms with Crippen LogP contribution in [0.2, 0.25) is 0 Å². The molecule has 1 saturated carbocycles.